The van der Waals surface area contributed by atoms with E-state index in [1.54, 1.807) is 6.20 Å². The van der Waals surface area contributed by atoms with Crippen LogP contribution in [-0.4, -0.2) is 9.97 Å². The van der Waals surface area contributed by atoms with Crippen LogP contribution in [0.2, 0.25) is 5.28 Å². The smallest absolute Gasteiger partial charge is 0.237 e. The van der Waals surface area contributed by atoms with E-state index in [9.17, 15) is 0 Å². The Labute approximate surface area is 100 Å². The lowest BCUT2D eigenvalue weighted by Gasteiger charge is -2.05. The number of benzene rings is 1. The summed E-state index contributed by atoms with van der Waals surface area (Å²) in [4.78, 5) is 7.76. The molecule has 3 nitrogen and oxygen atoms in total. The molecular weight excluding hydrogens is 279 g/mol. The van der Waals surface area contributed by atoms with Crippen molar-refractivity contribution in [2.24, 2.45) is 0 Å². The van der Waals surface area contributed by atoms with Crippen LogP contribution in [0.25, 0.3) is 0 Å². The average Bonchev–Trinajstić information content (AvgIpc) is 2.25. The molecule has 0 saturated carbocycles. The van der Waals surface area contributed by atoms with Gasteiger partial charge in [-0.3, -0.25) is 0 Å². The Hall–Kier alpha value is -1.13. The molecule has 0 spiro atoms. The van der Waals surface area contributed by atoms with Crippen LogP contribution in [0.1, 0.15) is 0 Å². The lowest BCUT2D eigenvalue weighted by molar-refractivity contribution is 0.458. The monoisotopic (exact) mass is 284 g/mol. The second kappa shape index (κ2) is 4.59. The average molecular weight is 286 g/mol. The van der Waals surface area contributed by atoms with Crippen molar-refractivity contribution in [3.05, 3.63) is 46.3 Å². The molecule has 15 heavy (non-hydrogen) atoms. The summed E-state index contributed by atoms with van der Waals surface area (Å²) < 4.78 is 6.17. The van der Waals surface area contributed by atoms with Crippen LogP contribution in [0.3, 0.4) is 0 Å². The van der Waals surface area contributed by atoms with Crippen LogP contribution >= 0.6 is 27.5 Å². The SMILES string of the molecule is Clc1ncc(Br)c(Oc2ccccc2)n1. The first-order valence-electron chi connectivity index (χ1n) is 4.16. The number of hydrogen-bond donors (Lipinski definition) is 0. The van der Waals surface area contributed by atoms with Gasteiger partial charge in [0.25, 0.3) is 0 Å². The van der Waals surface area contributed by atoms with Crippen molar-refractivity contribution in [2.45, 2.75) is 0 Å². The highest BCUT2D eigenvalue weighted by atomic mass is 79.9. The maximum atomic E-state index is 5.66. The van der Waals surface area contributed by atoms with Crippen molar-refractivity contribution >= 4 is 27.5 Å². The molecule has 0 aliphatic carbocycles. The molecule has 1 heterocycles. The fraction of sp³-hybridized carbons (Fsp3) is 0. The van der Waals surface area contributed by atoms with Crippen molar-refractivity contribution in [2.75, 3.05) is 0 Å². The van der Waals surface area contributed by atoms with Gasteiger partial charge in [-0.2, -0.15) is 4.98 Å². The van der Waals surface area contributed by atoms with E-state index >= 15 is 0 Å². The van der Waals surface area contributed by atoms with Gasteiger partial charge < -0.3 is 4.74 Å². The van der Waals surface area contributed by atoms with Gasteiger partial charge >= 0.3 is 0 Å². The molecule has 0 N–H and O–H groups in total. The standard InChI is InChI=1S/C10H6BrClN2O/c11-8-6-13-10(12)14-9(8)15-7-4-2-1-3-5-7/h1-6H. The van der Waals surface area contributed by atoms with Crippen LogP contribution in [0.4, 0.5) is 0 Å². The third-order valence-corrected chi connectivity index (χ3v) is 2.37. The second-order valence-electron chi connectivity index (χ2n) is 2.71. The van der Waals surface area contributed by atoms with E-state index in [4.69, 9.17) is 16.3 Å². The van der Waals surface area contributed by atoms with Gasteiger partial charge in [-0.15, -0.1) is 0 Å². The first-order valence-corrected chi connectivity index (χ1v) is 5.34. The normalized spacial score (nSPS) is 10.0. The van der Waals surface area contributed by atoms with Gasteiger partial charge in [-0.1, -0.05) is 18.2 Å². The molecule has 1 aromatic carbocycles. The molecule has 0 unspecified atom stereocenters. The van der Waals surface area contributed by atoms with Crippen molar-refractivity contribution in [1.82, 2.24) is 9.97 Å². The first-order chi connectivity index (χ1) is 7.25. The molecule has 0 bridgehead atoms. The molecule has 0 amide bonds. The van der Waals surface area contributed by atoms with E-state index < -0.39 is 0 Å². The summed E-state index contributed by atoms with van der Waals surface area (Å²) in [6.07, 6.45) is 1.55. The quantitative estimate of drug-likeness (QED) is 0.789. The molecule has 0 fully saturated rings. The Morgan fingerprint density at radius 3 is 2.67 bits per heavy atom. The third kappa shape index (κ3) is 2.67. The van der Waals surface area contributed by atoms with Crippen molar-refractivity contribution in [1.29, 1.82) is 0 Å². The molecule has 0 atom stereocenters. The largest absolute Gasteiger partial charge is 0.438 e. The molecule has 0 saturated heterocycles. The summed E-state index contributed by atoms with van der Waals surface area (Å²) in [5.41, 5.74) is 0. The Morgan fingerprint density at radius 2 is 1.93 bits per heavy atom. The lowest BCUT2D eigenvalue weighted by Crippen LogP contribution is -1.91. The summed E-state index contributed by atoms with van der Waals surface area (Å²) in [6.45, 7) is 0. The van der Waals surface area contributed by atoms with Gasteiger partial charge in [0.05, 0.1) is 4.47 Å². The minimum absolute atomic E-state index is 0.157. The Bertz CT molecular complexity index is 464. The fourth-order valence-electron chi connectivity index (χ4n) is 1.00. The number of halogens is 2. The van der Waals surface area contributed by atoms with Crippen LogP contribution in [0, 0.1) is 0 Å². The van der Waals surface area contributed by atoms with E-state index in [2.05, 4.69) is 25.9 Å². The van der Waals surface area contributed by atoms with E-state index in [-0.39, 0.29) is 5.28 Å². The number of aromatic nitrogens is 2. The van der Waals surface area contributed by atoms with Crippen molar-refractivity contribution < 1.29 is 4.74 Å². The zero-order valence-corrected chi connectivity index (χ0v) is 9.86. The van der Waals surface area contributed by atoms with Crippen LogP contribution < -0.4 is 4.74 Å². The maximum Gasteiger partial charge on any atom is 0.237 e. The summed E-state index contributed by atoms with van der Waals surface area (Å²) in [5.74, 6) is 1.11. The second-order valence-corrected chi connectivity index (χ2v) is 3.90. The van der Waals surface area contributed by atoms with Gasteiger partial charge in [-0.25, -0.2) is 4.98 Å². The maximum absolute atomic E-state index is 5.66. The fourth-order valence-corrected chi connectivity index (χ4v) is 1.40. The summed E-state index contributed by atoms with van der Waals surface area (Å²) in [7, 11) is 0. The zero-order valence-electron chi connectivity index (χ0n) is 7.52. The van der Waals surface area contributed by atoms with Crippen molar-refractivity contribution in [3.63, 3.8) is 0 Å². The molecule has 1 aromatic heterocycles. The molecular formula is C10H6BrClN2O. The number of nitrogens with zero attached hydrogens (tertiary/aromatic N) is 2. The van der Waals surface area contributed by atoms with Gasteiger partial charge in [0, 0.05) is 6.20 Å². The highest BCUT2D eigenvalue weighted by Crippen LogP contribution is 2.27. The number of rotatable bonds is 2. The van der Waals surface area contributed by atoms with E-state index in [0.29, 0.717) is 16.1 Å². The predicted molar refractivity (Wildman–Crippen MR) is 61.3 cm³/mol. The Balaban J connectivity index is 2.28. The highest BCUT2D eigenvalue weighted by molar-refractivity contribution is 9.10. The zero-order chi connectivity index (χ0) is 10.7. The first kappa shape index (κ1) is 10.4. The topological polar surface area (TPSA) is 35.0 Å². The minimum Gasteiger partial charge on any atom is -0.438 e. The molecule has 2 rings (SSSR count). The predicted octanol–water partition coefficient (Wildman–Crippen LogP) is 3.68. The third-order valence-electron chi connectivity index (χ3n) is 1.64. The van der Waals surface area contributed by atoms with E-state index in [1.807, 2.05) is 30.3 Å². The van der Waals surface area contributed by atoms with Gasteiger partial charge in [0.15, 0.2) is 0 Å². The number of para-hydroxylation sites is 1. The van der Waals surface area contributed by atoms with Crippen molar-refractivity contribution in [3.8, 4) is 11.6 Å². The van der Waals surface area contributed by atoms with E-state index in [0.717, 1.165) is 0 Å². The Morgan fingerprint density at radius 1 is 1.20 bits per heavy atom. The summed E-state index contributed by atoms with van der Waals surface area (Å²) in [6, 6.07) is 9.35. The van der Waals surface area contributed by atoms with Crippen LogP contribution in [0.15, 0.2) is 41.0 Å². The molecule has 0 aliphatic heterocycles. The summed E-state index contributed by atoms with van der Waals surface area (Å²) >= 11 is 8.94. The minimum atomic E-state index is 0.157. The Kier molecular flexibility index (Phi) is 3.18. The molecule has 5 heteroatoms. The van der Waals surface area contributed by atoms with E-state index in [1.165, 1.54) is 0 Å². The lowest BCUT2D eigenvalue weighted by atomic mass is 10.3. The molecule has 0 radical (unpaired) electrons. The van der Waals surface area contributed by atoms with Gasteiger partial charge in [-0.05, 0) is 39.7 Å². The summed E-state index contributed by atoms with van der Waals surface area (Å²) in [5, 5.41) is 0.157. The molecule has 76 valence electrons. The highest BCUT2D eigenvalue weighted by Gasteiger charge is 2.05. The number of hydrogen-bond acceptors (Lipinski definition) is 3. The van der Waals surface area contributed by atoms with Gasteiger partial charge in [0.1, 0.15) is 5.75 Å². The number of ether oxygens (including phenoxy) is 1. The molecule has 2 aromatic rings. The van der Waals surface area contributed by atoms with Crippen LogP contribution in [-0.2, 0) is 0 Å². The molecule has 0 aliphatic rings. The van der Waals surface area contributed by atoms with Crippen LogP contribution in [0.5, 0.6) is 11.6 Å². The van der Waals surface area contributed by atoms with Gasteiger partial charge in [0.2, 0.25) is 11.2 Å².